The lowest BCUT2D eigenvalue weighted by atomic mass is 9.89. The molecular weight excluding hydrogens is 374 g/mol. The van der Waals surface area contributed by atoms with Crippen molar-refractivity contribution in [1.29, 1.82) is 0 Å². The van der Waals surface area contributed by atoms with Gasteiger partial charge in [0.25, 0.3) is 0 Å². The maximum absolute atomic E-state index is 6.15. The highest BCUT2D eigenvalue weighted by molar-refractivity contribution is 6.30. The second-order valence-electron chi connectivity index (χ2n) is 7.98. The number of nitrogens with one attached hydrogen (secondary N) is 2. The molecule has 0 aliphatic carbocycles. The third kappa shape index (κ3) is 5.31. The fourth-order valence-corrected chi connectivity index (χ4v) is 4.21. The summed E-state index contributed by atoms with van der Waals surface area (Å²) in [4.78, 5) is 9.66. The Bertz CT molecular complexity index is 660. The molecule has 2 aliphatic heterocycles. The fraction of sp³-hybridized carbons (Fsp3) is 0.667. The van der Waals surface area contributed by atoms with Crippen molar-refractivity contribution in [2.45, 2.75) is 37.8 Å². The lowest BCUT2D eigenvalue weighted by Crippen LogP contribution is -2.52. The normalized spacial score (nSPS) is 22.5. The summed E-state index contributed by atoms with van der Waals surface area (Å²) < 4.78 is 5.58. The van der Waals surface area contributed by atoms with Crippen LogP contribution in [-0.4, -0.2) is 75.9 Å². The highest BCUT2D eigenvalue weighted by atomic mass is 35.5. The van der Waals surface area contributed by atoms with Crippen LogP contribution in [0, 0.1) is 0 Å². The fourth-order valence-electron chi connectivity index (χ4n) is 4.02. The Balaban J connectivity index is 1.62. The van der Waals surface area contributed by atoms with Crippen molar-refractivity contribution in [2.24, 2.45) is 4.99 Å². The molecule has 2 heterocycles. The summed E-state index contributed by atoms with van der Waals surface area (Å²) in [5, 5.41) is 7.85. The number of ether oxygens (including phenoxy) is 1. The number of anilines is 1. The van der Waals surface area contributed by atoms with Gasteiger partial charge in [0, 0.05) is 55.1 Å². The van der Waals surface area contributed by atoms with Crippen molar-refractivity contribution in [1.82, 2.24) is 15.5 Å². The second-order valence-corrected chi connectivity index (χ2v) is 8.42. The molecule has 0 radical (unpaired) electrons. The summed E-state index contributed by atoms with van der Waals surface area (Å²) in [7, 11) is 4.31. The molecule has 7 heteroatoms. The molecule has 0 amide bonds. The summed E-state index contributed by atoms with van der Waals surface area (Å²) in [6.07, 6.45) is 3.13. The van der Waals surface area contributed by atoms with Crippen LogP contribution < -0.4 is 15.5 Å². The van der Waals surface area contributed by atoms with Crippen LogP contribution in [0.3, 0.4) is 0 Å². The van der Waals surface area contributed by atoms with Crippen molar-refractivity contribution in [3.63, 3.8) is 0 Å². The van der Waals surface area contributed by atoms with Crippen LogP contribution in [0.4, 0.5) is 5.69 Å². The van der Waals surface area contributed by atoms with Crippen LogP contribution in [-0.2, 0) is 4.74 Å². The molecule has 1 unspecified atom stereocenters. The van der Waals surface area contributed by atoms with Gasteiger partial charge in [-0.15, -0.1) is 0 Å². The van der Waals surface area contributed by atoms with Crippen molar-refractivity contribution < 1.29 is 4.74 Å². The molecule has 2 saturated heterocycles. The SMILES string of the molecule is CCNC(=NCC1(N(C)C)CCOCC1)NC1CCN(c2cccc(Cl)c2)C1. The van der Waals surface area contributed by atoms with Crippen LogP contribution in [0.2, 0.25) is 5.02 Å². The van der Waals surface area contributed by atoms with Gasteiger partial charge >= 0.3 is 0 Å². The molecule has 2 fully saturated rings. The maximum atomic E-state index is 6.15. The van der Waals surface area contributed by atoms with E-state index in [-0.39, 0.29) is 5.54 Å². The Kier molecular flexibility index (Phi) is 7.43. The van der Waals surface area contributed by atoms with Crippen LogP contribution in [0.25, 0.3) is 0 Å². The van der Waals surface area contributed by atoms with E-state index in [0.29, 0.717) is 6.04 Å². The molecule has 0 bridgehead atoms. The first-order valence-corrected chi connectivity index (χ1v) is 10.7. The average Bonchev–Trinajstić information content (AvgIpc) is 3.15. The highest BCUT2D eigenvalue weighted by Crippen LogP contribution is 2.26. The minimum Gasteiger partial charge on any atom is -0.381 e. The lowest BCUT2D eigenvalue weighted by molar-refractivity contribution is -0.00255. The first kappa shape index (κ1) is 21.2. The minimum absolute atomic E-state index is 0.0864. The molecule has 1 aromatic carbocycles. The van der Waals surface area contributed by atoms with Crippen LogP contribution >= 0.6 is 11.6 Å². The summed E-state index contributed by atoms with van der Waals surface area (Å²) in [6, 6.07) is 8.47. The van der Waals surface area contributed by atoms with Gasteiger partial charge < -0.3 is 25.2 Å². The van der Waals surface area contributed by atoms with E-state index in [4.69, 9.17) is 21.3 Å². The molecular formula is C21H34ClN5O. The average molecular weight is 408 g/mol. The maximum Gasteiger partial charge on any atom is 0.191 e. The van der Waals surface area contributed by atoms with E-state index in [1.807, 2.05) is 18.2 Å². The van der Waals surface area contributed by atoms with Gasteiger partial charge in [0.15, 0.2) is 5.96 Å². The van der Waals surface area contributed by atoms with Crippen molar-refractivity contribution in [3.8, 4) is 0 Å². The van der Waals surface area contributed by atoms with Crippen LogP contribution in [0.5, 0.6) is 0 Å². The third-order valence-corrected chi connectivity index (χ3v) is 6.19. The molecule has 0 spiro atoms. The summed E-state index contributed by atoms with van der Waals surface area (Å²) >= 11 is 6.15. The molecule has 1 aromatic rings. The number of benzene rings is 1. The Labute approximate surface area is 174 Å². The number of guanidine groups is 1. The summed E-state index contributed by atoms with van der Waals surface area (Å²) in [5.41, 5.74) is 1.27. The quantitative estimate of drug-likeness (QED) is 0.560. The van der Waals surface area contributed by atoms with Crippen LogP contribution in [0.1, 0.15) is 26.2 Å². The first-order chi connectivity index (χ1) is 13.5. The second kappa shape index (κ2) is 9.81. The largest absolute Gasteiger partial charge is 0.381 e. The number of hydrogen-bond acceptors (Lipinski definition) is 4. The Hall–Kier alpha value is -1.50. The molecule has 3 rings (SSSR count). The summed E-state index contributed by atoms with van der Waals surface area (Å²) in [6.45, 7) is 7.36. The first-order valence-electron chi connectivity index (χ1n) is 10.3. The Morgan fingerprint density at radius 1 is 1.36 bits per heavy atom. The smallest absolute Gasteiger partial charge is 0.191 e. The molecule has 1 atom stereocenters. The zero-order valence-electron chi connectivity index (χ0n) is 17.4. The van der Waals surface area contributed by atoms with Gasteiger partial charge in [0.2, 0.25) is 0 Å². The molecule has 2 N–H and O–H groups in total. The predicted molar refractivity (Wildman–Crippen MR) is 118 cm³/mol. The van der Waals surface area contributed by atoms with Gasteiger partial charge in [-0.3, -0.25) is 4.99 Å². The molecule has 0 aromatic heterocycles. The third-order valence-electron chi connectivity index (χ3n) is 5.95. The number of nitrogens with zero attached hydrogens (tertiary/aromatic N) is 3. The van der Waals surface area contributed by atoms with Crippen LogP contribution in [0.15, 0.2) is 29.3 Å². The van der Waals surface area contributed by atoms with Gasteiger partial charge in [-0.1, -0.05) is 17.7 Å². The van der Waals surface area contributed by atoms with Gasteiger partial charge in [-0.05, 0) is 58.5 Å². The molecule has 156 valence electrons. The zero-order chi connectivity index (χ0) is 20.0. The number of halogens is 1. The van der Waals surface area contributed by atoms with E-state index in [2.05, 4.69) is 47.5 Å². The van der Waals surface area contributed by atoms with Crippen molar-refractivity contribution >= 4 is 23.2 Å². The Morgan fingerprint density at radius 2 is 2.14 bits per heavy atom. The van der Waals surface area contributed by atoms with Gasteiger partial charge in [-0.25, -0.2) is 0 Å². The van der Waals surface area contributed by atoms with Crippen molar-refractivity contribution in [3.05, 3.63) is 29.3 Å². The predicted octanol–water partition coefficient (Wildman–Crippen LogP) is 2.58. The standard InChI is InChI=1S/C21H34ClN5O/c1-4-23-20(24-16-21(26(2)3)9-12-28-13-10-21)25-18-8-11-27(15-18)19-7-5-6-17(22)14-19/h5-7,14,18H,4,8-13,15-16H2,1-3H3,(H2,23,24,25). The lowest BCUT2D eigenvalue weighted by Gasteiger charge is -2.41. The molecule has 2 aliphatic rings. The van der Waals surface area contributed by atoms with E-state index in [1.54, 1.807) is 0 Å². The molecule has 0 saturated carbocycles. The van der Waals surface area contributed by atoms with E-state index in [9.17, 15) is 0 Å². The minimum atomic E-state index is 0.0864. The number of likely N-dealkylation sites (N-methyl/N-ethyl adjacent to an activating group) is 1. The number of rotatable bonds is 6. The van der Waals surface area contributed by atoms with E-state index in [0.717, 1.165) is 69.6 Å². The van der Waals surface area contributed by atoms with Gasteiger partial charge in [0.05, 0.1) is 6.54 Å². The van der Waals surface area contributed by atoms with E-state index in [1.165, 1.54) is 5.69 Å². The number of aliphatic imine (C=N–C) groups is 1. The summed E-state index contributed by atoms with van der Waals surface area (Å²) in [5.74, 6) is 0.910. The van der Waals surface area contributed by atoms with Gasteiger partial charge in [-0.2, -0.15) is 0 Å². The Morgan fingerprint density at radius 3 is 2.82 bits per heavy atom. The number of hydrogen-bond donors (Lipinski definition) is 2. The van der Waals surface area contributed by atoms with E-state index >= 15 is 0 Å². The molecule has 6 nitrogen and oxygen atoms in total. The highest BCUT2D eigenvalue weighted by Gasteiger charge is 2.35. The topological polar surface area (TPSA) is 52.1 Å². The van der Waals surface area contributed by atoms with Crippen molar-refractivity contribution in [2.75, 3.05) is 58.4 Å². The zero-order valence-corrected chi connectivity index (χ0v) is 18.1. The van der Waals surface area contributed by atoms with E-state index < -0.39 is 0 Å². The van der Waals surface area contributed by atoms with Gasteiger partial charge in [0.1, 0.15) is 0 Å². The molecule has 28 heavy (non-hydrogen) atoms. The monoisotopic (exact) mass is 407 g/mol.